The standard InChI is InChI=1S/C29H34O5/c1-22(2)34-29-28(32-20-25-16-10-5-11-17-25)27(31-19-24-14-8-4-9-15-24)26(21-33-29)30-18-23-12-6-3-7-13-23/h3-17,22,26-29H,18-21H2,1-2H3/t26-,27+,28-,29-/m1/s1. The van der Waals surface area contributed by atoms with Gasteiger partial charge >= 0.3 is 0 Å². The molecule has 1 aliphatic heterocycles. The number of benzene rings is 3. The summed E-state index contributed by atoms with van der Waals surface area (Å²) in [6.07, 6.45) is -1.65. The molecule has 180 valence electrons. The average Bonchev–Trinajstić information content (AvgIpc) is 2.87. The minimum atomic E-state index is -0.541. The summed E-state index contributed by atoms with van der Waals surface area (Å²) < 4.78 is 31.4. The number of hydrogen-bond acceptors (Lipinski definition) is 5. The summed E-state index contributed by atoms with van der Waals surface area (Å²) in [5.74, 6) is 0. The summed E-state index contributed by atoms with van der Waals surface area (Å²) in [5, 5.41) is 0. The van der Waals surface area contributed by atoms with Crippen molar-refractivity contribution in [3.05, 3.63) is 108 Å². The second-order valence-corrected chi connectivity index (χ2v) is 8.74. The van der Waals surface area contributed by atoms with Crippen LogP contribution in [0.3, 0.4) is 0 Å². The van der Waals surface area contributed by atoms with E-state index in [0.717, 1.165) is 16.7 Å². The summed E-state index contributed by atoms with van der Waals surface area (Å²) in [6, 6.07) is 30.4. The third-order valence-electron chi connectivity index (χ3n) is 5.67. The molecule has 3 aromatic rings. The van der Waals surface area contributed by atoms with Crippen molar-refractivity contribution >= 4 is 0 Å². The molecule has 1 heterocycles. The van der Waals surface area contributed by atoms with Crippen LogP contribution in [0.2, 0.25) is 0 Å². The molecule has 3 aromatic carbocycles. The molecule has 0 aromatic heterocycles. The molecule has 0 aliphatic carbocycles. The maximum Gasteiger partial charge on any atom is 0.186 e. The summed E-state index contributed by atoms with van der Waals surface area (Å²) in [7, 11) is 0. The highest BCUT2D eigenvalue weighted by Crippen LogP contribution is 2.28. The van der Waals surface area contributed by atoms with Gasteiger partial charge in [-0.25, -0.2) is 0 Å². The minimum absolute atomic E-state index is 0.00983. The maximum atomic E-state index is 6.47. The van der Waals surface area contributed by atoms with Gasteiger partial charge < -0.3 is 23.7 Å². The molecule has 5 heteroatoms. The molecule has 1 fully saturated rings. The fourth-order valence-electron chi connectivity index (χ4n) is 3.96. The van der Waals surface area contributed by atoms with Gasteiger partial charge in [0.15, 0.2) is 6.29 Å². The molecular formula is C29H34O5. The van der Waals surface area contributed by atoms with Gasteiger partial charge in [-0.3, -0.25) is 0 Å². The van der Waals surface area contributed by atoms with Crippen molar-refractivity contribution in [2.45, 2.75) is 64.4 Å². The lowest BCUT2D eigenvalue weighted by molar-refractivity contribution is -0.306. The average molecular weight is 463 g/mol. The molecule has 0 radical (unpaired) electrons. The van der Waals surface area contributed by atoms with Gasteiger partial charge in [0.1, 0.15) is 18.3 Å². The third kappa shape index (κ3) is 7.23. The molecule has 0 bridgehead atoms. The van der Waals surface area contributed by atoms with Gasteiger partial charge in [0.05, 0.1) is 32.5 Å². The van der Waals surface area contributed by atoms with Crippen LogP contribution in [-0.2, 0) is 43.5 Å². The molecule has 0 amide bonds. The van der Waals surface area contributed by atoms with Crippen LogP contribution in [0.15, 0.2) is 91.0 Å². The topological polar surface area (TPSA) is 46.2 Å². The largest absolute Gasteiger partial charge is 0.368 e. The molecule has 0 unspecified atom stereocenters. The fraction of sp³-hybridized carbons (Fsp3) is 0.379. The van der Waals surface area contributed by atoms with Crippen LogP contribution < -0.4 is 0 Å². The Morgan fingerprint density at radius 1 is 0.647 bits per heavy atom. The van der Waals surface area contributed by atoms with Crippen molar-refractivity contribution in [3.8, 4) is 0 Å². The SMILES string of the molecule is CC(C)O[C@H]1OC[C@@H](OCc2ccccc2)[C@H](OCc2ccccc2)[C@H]1OCc1ccccc1. The Morgan fingerprint density at radius 2 is 1.09 bits per heavy atom. The quantitative estimate of drug-likeness (QED) is 0.375. The predicted molar refractivity (Wildman–Crippen MR) is 131 cm³/mol. The first-order valence-corrected chi connectivity index (χ1v) is 11.9. The Labute approximate surface area is 202 Å². The van der Waals surface area contributed by atoms with E-state index in [0.29, 0.717) is 26.4 Å². The molecule has 5 nitrogen and oxygen atoms in total. The van der Waals surface area contributed by atoms with E-state index in [2.05, 4.69) is 24.3 Å². The van der Waals surface area contributed by atoms with E-state index in [9.17, 15) is 0 Å². The monoisotopic (exact) mass is 462 g/mol. The van der Waals surface area contributed by atoms with Crippen LogP contribution in [-0.4, -0.2) is 37.3 Å². The zero-order valence-corrected chi connectivity index (χ0v) is 19.9. The lowest BCUT2D eigenvalue weighted by Crippen LogP contribution is -2.57. The number of rotatable bonds is 11. The van der Waals surface area contributed by atoms with Gasteiger partial charge in [-0.2, -0.15) is 0 Å². The molecule has 0 spiro atoms. The number of ether oxygens (including phenoxy) is 5. The van der Waals surface area contributed by atoms with Gasteiger partial charge in [0.25, 0.3) is 0 Å². The van der Waals surface area contributed by atoms with Crippen LogP contribution in [0.4, 0.5) is 0 Å². The Bertz CT molecular complexity index is 948. The van der Waals surface area contributed by atoms with Crippen molar-refractivity contribution in [1.29, 1.82) is 0 Å². The molecule has 34 heavy (non-hydrogen) atoms. The van der Waals surface area contributed by atoms with Crippen LogP contribution in [0.1, 0.15) is 30.5 Å². The zero-order valence-electron chi connectivity index (χ0n) is 19.9. The van der Waals surface area contributed by atoms with E-state index in [4.69, 9.17) is 23.7 Å². The van der Waals surface area contributed by atoms with Crippen LogP contribution >= 0.6 is 0 Å². The fourth-order valence-corrected chi connectivity index (χ4v) is 3.96. The molecule has 4 atom stereocenters. The van der Waals surface area contributed by atoms with Gasteiger partial charge in [-0.15, -0.1) is 0 Å². The van der Waals surface area contributed by atoms with E-state index in [1.54, 1.807) is 0 Å². The van der Waals surface area contributed by atoms with Crippen molar-refractivity contribution in [2.75, 3.05) is 6.61 Å². The second-order valence-electron chi connectivity index (χ2n) is 8.74. The molecule has 0 N–H and O–H groups in total. The highest BCUT2D eigenvalue weighted by Gasteiger charge is 2.44. The molecular weight excluding hydrogens is 428 g/mol. The van der Waals surface area contributed by atoms with Gasteiger partial charge in [0.2, 0.25) is 0 Å². The van der Waals surface area contributed by atoms with Crippen molar-refractivity contribution < 1.29 is 23.7 Å². The summed E-state index contributed by atoms with van der Waals surface area (Å²) in [6.45, 7) is 5.72. The highest BCUT2D eigenvalue weighted by molar-refractivity contribution is 5.15. The van der Waals surface area contributed by atoms with Crippen LogP contribution in [0.25, 0.3) is 0 Å². The lowest BCUT2D eigenvalue weighted by atomic mass is 10.0. The normalized spacial score (nSPS) is 22.7. The van der Waals surface area contributed by atoms with Crippen molar-refractivity contribution in [2.24, 2.45) is 0 Å². The Hall–Kier alpha value is -2.54. The van der Waals surface area contributed by atoms with Gasteiger partial charge in [0, 0.05) is 0 Å². The first kappa shape index (κ1) is 24.6. The maximum absolute atomic E-state index is 6.47. The Morgan fingerprint density at radius 3 is 1.56 bits per heavy atom. The molecule has 0 saturated carbocycles. The second kappa shape index (κ2) is 12.8. The van der Waals surface area contributed by atoms with E-state index >= 15 is 0 Å². The summed E-state index contributed by atoms with van der Waals surface area (Å²) >= 11 is 0. The first-order valence-electron chi connectivity index (χ1n) is 11.9. The molecule has 1 aliphatic rings. The molecule has 4 rings (SSSR count). The van der Waals surface area contributed by atoms with Gasteiger partial charge in [-0.05, 0) is 30.5 Å². The molecule has 1 saturated heterocycles. The Balaban J connectivity index is 1.52. The van der Waals surface area contributed by atoms with E-state index in [1.807, 2.05) is 80.6 Å². The van der Waals surface area contributed by atoms with Crippen molar-refractivity contribution in [3.63, 3.8) is 0 Å². The van der Waals surface area contributed by atoms with E-state index in [-0.39, 0.29) is 18.3 Å². The smallest absolute Gasteiger partial charge is 0.186 e. The van der Waals surface area contributed by atoms with E-state index in [1.165, 1.54) is 0 Å². The summed E-state index contributed by atoms with van der Waals surface area (Å²) in [5.41, 5.74) is 3.28. The third-order valence-corrected chi connectivity index (χ3v) is 5.67. The van der Waals surface area contributed by atoms with Crippen molar-refractivity contribution in [1.82, 2.24) is 0 Å². The van der Waals surface area contributed by atoms with Crippen LogP contribution in [0.5, 0.6) is 0 Å². The van der Waals surface area contributed by atoms with Crippen LogP contribution in [0, 0.1) is 0 Å². The summed E-state index contributed by atoms with van der Waals surface area (Å²) in [4.78, 5) is 0. The Kier molecular flexibility index (Phi) is 9.25. The lowest BCUT2D eigenvalue weighted by Gasteiger charge is -2.42. The number of hydrogen-bond donors (Lipinski definition) is 0. The van der Waals surface area contributed by atoms with Gasteiger partial charge in [-0.1, -0.05) is 91.0 Å². The minimum Gasteiger partial charge on any atom is -0.368 e. The first-order chi connectivity index (χ1) is 16.7. The highest BCUT2D eigenvalue weighted by atomic mass is 16.7. The predicted octanol–water partition coefficient (Wildman–Crippen LogP) is 5.52. The zero-order chi connectivity index (χ0) is 23.6. The van der Waals surface area contributed by atoms with E-state index < -0.39 is 12.4 Å².